The predicted octanol–water partition coefficient (Wildman–Crippen LogP) is 6.58. The zero-order chi connectivity index (χ0) is 19.7. The first-order valence-electron chi connectivity index (χ1n) is 10.1. The van der Waals surface area contributed by atoms with E-state index < -0.39 is 5.60 Å². The first-order chi connectivity index (χ1) is 13.8. The van der Waals surface area contributed by atoms with Gasteiger partial charge in [0.2, 0.25) is 0 Å². The maximum absolute atomic E-state index is 7.00. The largest absolute Gasteiger partial charge is 0.357 e. The van der Waals surface area contributed by atoms with E-state index in [9.17, 15) is 0 Å². The summed E-state index contributed by atoms with van der Waals surface area (Å²) in [6.07, 6.45) is 9.48. The Morgan fingerprint density at radius 1 is 0.786 bits per heavy atom. The molecular formula is C27H28O. The fourth-order valence-electron chi connectivity index (χ4n) is 3.74. The Bertz CT molecular complexity index is 766. The van der Waals surface area contributed by atoms with E-state index in [1.807, 2.05) is 18.2 Å². The SMILES string of the molecule is C#CC[C@H](CCCC)OC(c1ccccc1)(c1ccccc1)c1ccccc1. The molecule has 0 aromatic heterocycles. The number of hydrogen-bond acceptors (Lipinski definition) is 1. The van der Waals surface area contributed by atoms with Crippen molar-refractivity contribution in [1.82, 2.24) is 0 Å². The average molecular weight is 369 g/mol. The minimum absolute atomic E-state index is 0.00873. The quantitative estimate of drug-likeness (QED) is 0.306. The lowest BCUT2D eigenvalue weighted by Gasteiger charge is -2.39. The Morgan fingerprint density at radius 2 is 1.21 bits per heavy atom. The molecule has 0 aliphatic carbocycles. The van der Waals surface area contributed by atoms with Gasteiger partial charge in [-0.2, -0.15) is 0 Å². The normalized spacial score (nSPS) is 12.3. The minimum Gasteiger partial charge on any atom is -0.357 e. The highest BCUT2D eigenvalue weighted by Gasteiger charge is 2.39. The smallest absolute Gasteiger partial charge is 0.144 e. The molecule has 0 radical (unpaired) electrons. The van der Waals surface area contributed by atoms with Crippen LogP contribution in [0.4, 0.5) is 0 Å². The molecule has 28 heavy (non-hydrogen) atoms. The first-order valence-corrected chi connectivity index (χ1v) is 10.1. The van der Waals surface area contributed by atoms with Crippen LogP contribution in [0.25, 0.3) is 0 Å². The molecule has 3 aromatic carbocycles. The minimum atomic E-state index is -0.695. The van der Waals surface area contributed by atoms with E-state index >= 15 is 0 Å². The average Bonchev–Trinajstić information content (AvgIpc) is 2.77. The van der Waals surface area contributed by atoms with Crippen LogP contribution in [-0.4, -0.2) is 6.10 Å². The summed E-state index contributed by atoms with van der Waals surface area (Å²) in [4.78, 5) is 0. The van der Waals surface area contributed by atoms with Gasteiger partial charge in [0.25, 0.3) is 0 Å². The molecular weight excluding hydrogens is 340 g/mol. The van der Waals surface area contributed by atoms with Crippen molar-refractivity contribution in [2.45, 2.75) is 44.3 Å². The van der Waals surface area contributed by atoms with Crippen LogP contribution in [0.15, 0.2) is 91.0 Å². The third-order valence-corrected chi connectivity index (χ3v) is 5.11. The second kappa shape index (κ2) is 9.93. The summed E-state index contributed by atoms with van der Waals surface area (Å²) in [6, 6.07) is 31.4. The molecule has 0 saturated carbocycles. The van der Waals surface area contributed by atoms with Gasteiger partial charge in [-0.3, -0.25) is 0 Å². The van der Waals surface area contributed by atoms with Crippen LogP contribution in [0, 0.1) is 12.3 Å². The van der Waals surface area contributed by atoms with Crippen molar-refractivity contribution in [3.8, 4) is 12.3 Å². The molecule has 0 heterocycles. The van der Waals surface area contributed by atoms with Gasteiger partial charge < -0.3 is 4.74 Å². The summed E-state index contributed by atoms with van der Waals surface area (Å²) in [5.41, 5.74) is 2.65. The molecule has 0 saturated heterocycles. The second-order valence-electron chi connectivity index (χ2n) is 7.07. The van der Waals surface area contributed by atoms with Gasteiger partial charge >= 0.3 is 0 Å². The van der Waals surface area contributed by atoms with Crippen molar-refractivity contribution in [3.05, 3.63) is 108 Å². The van der Waals surface area contributed by atoms with Crippen LogP contribution >= 0.6 is 0 Å². The first kappa shape index (κ1) is 19.9. The third kappa shape index (κ3) is 4.35. The van der Waals surface area contributed by atoms with Gasteiger partial charge in [0, 0.05) is 6.42 Å². The van der Waals surface area contributed by atoms with Crippen LogP contribution in [-0.2, 0) is 10.3 Å². The monoisotopic (exact) mass is 368 g/mol. The van der Waals surface area contributed by atoms with E-state index in [-0.39, 0.29) is 6.10 Å². The predicted molar refractivity (Wildman–Crippen MR) is 117 cm³/mol. The second-order valence-corrected chi connectivity index (χ2v) is 7.07. The van der Waals surface area contributed by atoms with Crippen molar-refractivity contribution in [2.75, 3.05) is 0 Å². The van der Waals surface area contributed by atoms with Crippen molar-refractivity contribution in [2.24, 2.45) is 0 Å². The zero-order valence-electron chi connectivity index (χ0n) is 16.6. The van der Waals surface area contributed by atoms with Gasteiger partial charge in [-0.1, -0.05) is 111 Å². The topological polar surface area (TPSA) is 9.23 Å². The number of unbranched alkanes of at least 4 members (excludes halogenated alkanes) is 1. The van der Waals surface area contributed by atoms with Crippen LogP contribution < -0.4 is 0 Å². The molecule has 3 rings (SSSR count). The summed E-state index contributed by atoms with van der Waals surface area (Å²) in [5.74, 6) is 2.83. The van der Waals surface area contributed by atoms with Gasteiger partial charge in [-0.25, -0.2) is 0 Å². The van der Waals surface area contributed by atoms with Gasteiger partial charge in [-0.05, 0) is 23.1 Å². The highest BCUT2D eigenvalue weighted by Crippen LogP contribution is 2.42. The Kier molecular flexibility index (Phi) is 7.06. The molecule has 0 N–H and O–H groups in total. The highest BCUT2D eigenvalue weighted by molar-refractivity contribution is 5.47. The standard InChI is InChI=1S/C27H28O/c1-3-5-22-26(15-4-2)28-27(23-16-9-6-10-17-23,24-18-11-7-12-19-24)25-20-13-8-14-21-25/h2,6-14,16-21,26H,3,5,15,22H2,1H3/t26-/m1/s1. The number of benzene rings is 3. The van der Waals surface area contributed by atoms with E-state index in [1.165, 1.54) is 0 Å². The summed E-state index contributed by atoms with van der Waals surface area (Å²) in [5, 5.41) is 0. The Morgan fingerprint density at radius 3 is 1.57 bits per heavy atom. The lowest BCUT2D eigenvalue weighted by Crippen LogP contribution is -2.37. The molecule has 0 fully saturated rings. The molecule has 3 aromatic rings. The Hall–Kier alpha value is -2.82. The Balaban J connectivity index is 2.20. The lowest BCUT2D eigenvalue weighted by molar-refractivity contribution is -0.0491. The van der Waals surface area contributed by atoms with Gasteiger partial charge in [0.15, 0.2) is 0 Å². The highest BCUT2D eigenvalue weighted by atomic mass is 16.5. The molecule has 1 atom stereocenters. The van der Waals surface area contributed by atoms with Gasteiger partial charge in [0.1, 0.15) is 5.60 Å². The maximum Gasteiger partial charge on any atom is 0.144 e. The molecule has 1 heteroatoms. The number of ether oxygens (including phenoxy) is 1. The van der Waals surface area contributed by atoms with Crippen molar-refractivity contribution >= 4 is 0 Å². The van der Waals surface area contributed by atoms with Crippen molar-refractivity contribution in [3.63, 3.8) is 0 Å². The fourth-order valence-corrected chi connectivity index (χ4v) is 3.74. The summed E-state index contributed by atoms with van der Waals surface area (Å²) in [6.45, 7) is 2.20. The molecule has 0 spiro atoms. The fraction of sp³-hybridized carbons (Fsp3) is 0.259. The molecule has 0 aliphatic heterocycles. The van der Waals surface area contributed by atoms with Crippen molar-refractivity contribution in [1.29, 1.82) is 0 Å². The van der Waals surface area contributed by atoms with Crippen LogP contribution in [0.5, 0.6) is 0 Å². The van der Waals surface area contributed by atoms with E-state index in [1.54, 1.807) is 0 Å². The molecule has 1 nitrogen and oxygen atoms in total. The van der Waals surface area contributed by atoms with Crippen LogP contribution in [0.1, 0.15) is 49.3 Å². The Labute approximate surface area is 169 Å². The lowest BCUT2D eigenvalue weighted by atomic mass is 9.79. The molecule has 0 amide bonds. The van der Waals surface area contributed by atoms with Crippen LogP contribution in [0.2, 0.25) is 0 Å². The van der Waals surface area contributed by atoms with E-state index in [4.69, 9.17) is 11.2 Å². The molecule has 0 unspecified atom stereocenters. The summed E-state index contributed by atoms with van der Waals surface area (Å²) >= 11 is 0. The van der Waals surface area contributed by atoms with E-state index in [0.29, 0.717) is 6.42 Å². The number of hydrogen-bond donors (Lipinski definition) is 0. The van der Waals surface area contributed by atoms with Gasteiger partial charge in [0.05, 0.1) is 6.10 Å². The maximum atomic E-state index is 7.00. The molecule has 0 bridgehead atoms. The van der Waals surface area contributed by atoms with E-state index in [0.717, 1.165) is 36.0 Å². The number of terminal acetylenes is 1. The van der Waals surface area contributed by atoms with Crippen LogP contribution in [0.3, 0.4) is 0 Å². The molecule has 0 aliphatic rings. The van der Waals surface area contributed by atoms with E-state index in [2.05, 4.69) is 85.6 Å². The van der Waals surface area contributed by atoms with Crippen molar-refractivity contribution < 1.29 is 4.74 Å². The summed E-state index contributed by atoms with van der Waals surface area (Å²) in [7, 11) is 0. The summed E-state index contributed by atoms with van der Waals surface area (Å²) < 4.78 is 7.00. The van der Waals surface area contributed by atoms with Gasteiger partial charge in [-0.15, -0.1) is 12.3 Å². The third-order valence-electron chi connectivity index (χ3n) is 5.11. The number of rotatable bonds is 9. The zero-order valence-corrected chi connectivity index (χ0v) is 16.6. The molecule has 142 valence electrons.